The van der Waals surface area contributed by atoms with E-state index in [-0.39, 0.29) is 11.6 Å². The number of aromatic amines is 1. The highest BCUT2D eigenvalue weighted by molar-refractivity contribution is 7.20. The SMILES string of the molecule is COC(=O)c1sc2nc(CN[C@@H](C)c3ccccc3Cl)[nH]c(=O)c2c1C. The first-order valence-electron chi connectivity index (χ1n) is 8.00. The quantitative estimate of drug-likeness (QED) is 0.649. The fourth-order valence-electron chi connectivity index (χ4n) is 2.75. The molecule has 0 aliphatic heterocycles. The van der Waals surface area contributed by atoms with Gasteiger partial charge in [-0.1, -0.05) is 29.8 Å². The molecule has 2 heterocycles. The van der Waals surface area contributed by atoms with E-state index in [0.29, 0.717) is 38.0 Å². The van der Waals surface area contributed by atoms with Crippen LogP contribution >= 0.6 is 22.9 Å². The van der Waals surface area contributed by atoms with Crippen molar-refractivity contribution in [3.05, 3.63) is 61.5 Å². The molecule has 2 N–H and O–H groups in total. The molecule has 0 bridgehead atoms. The van der Waals surface area contributed by atoms with Crippen LogP contribution in [0.5, 0.6) is 0 Å². The summed E-state index contributed by atoms with van der Waals surface area (Å²) in [6.07, 6.45) is 0. The highest BCUT2D eigenvalue weighted by atomic mass is 35.5. The van der Waals surface area contributed by atoms with Crippen LogP contribution in [0.4, 0.5) is 0 Å². The first-order valence-corrected chi connectivity index (χ1v) is 9.20. The van der Waals surface area contributed by atoms with Gasteiger partial charge in [-0.3, -0.25) is 4.79 Å². The van der Waals surface area contributed by atoms with Crippen molar-refractivity contribution >= 4 is 39.1 Å². The van der Waals surface area contributed by atoms with Crippen molar-refractivity contribution in [1.29, 1.82) is 0 Å². The zero-order valence-electron chi connectivity index (χ0n) is 14.6. The molecule has 2 aromatic heterocycles. The topological polar surface area (TPSA) is 84.1 Å². The van der Waals surface area contributed by atoms with Gasteiger partial charge in [0.05, 0.1) is 19.0 Å². The third-order valence-electron chi connectivity index (χ3n) is 4.17. The molecule has 0 fully saturated rings. The van der Waals surface area contributed by atoms with Crippen LogP contribution in [0, 0.1) is 6.92 Å². The number of nitrogens with zero attached hydrogens (tertiary/aromatic N) is 1. The van der Waals surface area contributed by atoms with Crippen molar-refractivity contribution in [2.75, 3.05) is 7.11 Å². The summed E-state index contributed by atoms with van der Waals surface area (Å²) in [4.78, 5) is 32.4. The summed E-state index contributed by atoms with van der Waals surface area (Å²) in [6, 6.07) is 7.58. The van der Waals surface area contributed by atoms with Gasteiger partial charge in [-0.15, -0.1) is 11.3 Å². The molecule has 0 amide bonds. The molecular weight excluding hydrogens is 374 g/mol. The largest absolute Gasteiger partial charge is 0.465 e. The predicted octanol–water partition coefficient (Wildman–Crippen LogP) is 3.58. The minimum Gasteiger partial charge on any atom is -0.465 e. The Kier molecular flexibility index (Phi) is 5.41. The van der Waals surface area contributed by atoms with Gasteiger partial charge in [0.1, 0.15) is 15.5 Å². The van der Waals surface area contributed by atoms with Crippen LogP contribution < -0.4 is 10.9 Å². The van der Waals surface area contributed by atoms with Gasteiger partial charge in [-0.2, -0.15) is 0 Å². The van der Waals surface area contributed by atoms with E-state index in [1.807, 2.05) is 31.2 Å². The van der Waals surface area contributed by atoms with Crippen LogP contribution in [0.15, 0.2) is 29.1 Å². The monoisotopic (exact) mass is 391 g/mol. The Hall–Kier alpha value is -2.22. The smallest absolute Gasteiger partial charge is 0.348 e. The number of hydrogen-bond acceptors (Lipinski definition) is 6. The van der Waals surface area contributed by atoms with Gasteiger partial charge in [-0.05, 0) is 31.0 Å². The second-order valence-electron chi connectivity index (χ2n) is 5.86. The van der Waals surface area contributed by atoms with Gasteiger partial charge in [0, 0.05) is 11.1 Å². The van der Waals surface area contributed by atoms with E-state index in [0.717, 1.165) is 16.9 Å². The third kappa shape index (κ3) is 3.51. The molecule has 8 heteroatoms. The van der Waals surface area contributed by atoms with Crippen LogP contribution in [0.25, 0.3) is 10.2 Å². The number of H-pyrrole nitrogens is 1. The van der Waals surface area contributed by atoms with Crippen molar-refractivity contribution in [2.24, 2.45) is 0 Å². The number of nitrogens with one attached hydrogen (secondary N) is 2. The Balaban J connectivity index is 1.86. The van der Waals surface area contributed by atoms with Gasteiger partial charge in [0.15, 0.2) is 0 Å². The summed E-state index contributed by atoms with van der Waals surface area (Å²) < 4.78 is 4.76. The molecule has 0 radical (unpaired) electrons. The summed E-state index contributed by atoms with van der Waals surface area (Å²) in [7, 11) is 1.31. The lowest BCUT2D eigenvalue weighted by Gasteiger charge is -2.15. The normalized spacial score (nSPS) is 12.3. The average Bonchev–Trinajstić information content (AvgIpc) is 2.96. The molecule has 0 saturated carbocycles. The van der Waals surface area contributed by atoms with Crippen molar-refractivity contribution in [2.45, 2.75) is 26.4 Å². The van der Waals surface area contributed by atoms with Crippen LogP contribution in [-0.2, 0) is 11.3 Å². The Morgan fingerprint density at radius 3 is 2.85 bits per heavy atom. The average molecular weight is 392 g/mol. The van der Waals surface area contributed by atoms with E-state index >= 15 is 0 Å². The lowest BCUT2D eigenvalue weighted by molar-refractivity contribution is 0.0605. The van der Waals surface area contributed by atoms with Crippen molar-refractivity contribution in [1.82, 2.24) is 15.3 Å². The van der Waals surface area contributed by atoms with Gasteiger partial charge >= 0.3 is 5.97 Å². The van der Waals surface area contributed by atoms with E-state index < -0.39 is 5.97 Å². The van der Waals surface area contributed by atoms with E-state index in [2.05, 4.69) is 15.3 Å². The molecule has 136 valence electrons. The minimum absolute atomic E-state index is 0.0135. The van der Waals surface area contributed by atoms with Gasteiger partial charge < -0.3 is 15.0 Å². The molecule has 0 aliphatic rings. The van der Waals surface area contributed by atoms with E-state index in [4.69, 9.17) is 16.3 Å². The molecule has 26 heavy (non-hydrogen) atoms. The lowest BCUT2D eigenvalue weighted by atomic mass is 10.1. The molecule has 0 spiro atoms. The summed E-state index contributed by atoms with van der Waals surface area (Å²) >= 11 is 7.38. The van der Waals surface area contributed by atoms with Crippen LogP contribution in [0.3, 0.4) is 0 Å². The number of fused-ring (bicyclic) bond motifs is 1. The number of thiophene rings is 1. The van der Waals surface area contributed by atoms with Gasteiger partial charge in [0.2, 0.25) is 0 Å². The van der Waals surface area contributed by atoms with Crippen LogP contribution in [0.1, 0.15) is 39.6 Å². The molecule has 1 atom stereocenters. The summed E-state index contributed by atoms with van der Waals surface area (Å²) in [5.41, 5.74) is 1.30. The van der Waals surface area contributed by atoms with Crippen molar-refractivity contribution < 1.29 is 9.53 Å². The fraction of sp³-hybridized carbons (Fsp3) is 0.278. The van der Waals surface area contributed by atoms with E-state index in [1.165, 1.54) is 7.11 Å². The minimum atomic E-state index is -0.461. The van der Waals surface area contributed by atoms with Crippen molar-refractivity contribution in [3.63, 3.8) is 0 Å². The number of halogens is 1. The molecule has 0 unspecified atom stereocenters. The number of aromatic nitrogens is 2. The fourth-order valence-corrected chi connectivity index (χ4v) is 4.16. The zero-order chi connectivity index (χ0) is 18.8. The number of rotatable bonds is 5. The maximum atomic E-state index is 12.4. The highest BCUT2D eigenvalue weighted by Crippen LogP contribution is 2.27. The third-order valence-corrected chi connectivity index (χ3v) is 5.68. The Morgan fingerprint density at radius 1 is 1.42 bits per heavy atom. The Bertz CT molecular complexity index is 1030. The standard InChI is InChI=1S/C18H18ClN3O3S/c1-9-14-16(23)21-13(22-17(14)26-15(9)18(24)25-3)8-20-10(2)11-6-4-5-7-12(11)19/h4-7,10,20H,8H2,1-3H3,(H,21,22,23)/t10-/m0/s1. The van der Waals surface area contributed by atoms with Gasteiger partial charge in [-0.25, -0.2) is 9.78 Å². The van der Waals surface area contributed by atoms with E-state index in [9.17, 15) is 9.59 Å². The summed E-state index contributed by atoms with van der Waals surface area (Å²) in [5.74, 6) is 0.0380. The number of benzene rings is 1. The van der Waals surface area contributed by atoms with E-state index in [1.54, 1.807) is 6.92 Å². The highest BCUT2D eigenvalue weighted by Gasteiger charge is 2.20. The number of ether oxygens (including phenoxy) is 1. The molecule has 3 rings (SSSR count). The number of hydrogen-bond donors (Lipinski definition) is 2. The second kappa shape index (κ2) is 7.57. The molecule has 6 nitrogen and oxygen atoms in total. The number of methoxy groups -OCH3 is 1. The molecule has 1 aromatic carbocycles. The Labute approximate surface area is 159 Å². The van der Waals surface area contributed by atoms with Crippen LogP contribution in [-0.4, -0.2) is 23.0 Å². The molecule has 3 aromatic rings. The number of carbonyl (C=O) groups is 1. The number of aryl methyl sites for hydroxylation is 1. The van der Waals surface area contributed by atoms with Gasteiger partial charge in [0.25, 0.3) is 5.56 Å². The molecular formula is C18H18ClN3O3S. The first kappa shape index (κ1) is 18.6. The first-order chi connectivity index (χ1) is 12.4. The number of carbonyl (C=O) groups excluding carboxylic acids is 1. The molecule has 0 saturated heterocycles. The maximum absolute atomic E-state index is 12.4. The maximum Gasteiger partial charge on any atom is 0.348 e. The predicted molar refractivity (Wildman–Crippen MR) is 103 cm³/mol. The van der Waals surface area contributed by atoms with Crippen LogP contribution in [0.2, 0.25) is 5.02 Å². The lowest BCUT2D eigenvalue weighted by Crippen LogP contribution is -2.22. The molecule has 0 aliphatic carbocycles. The van der Waals surface area contributed by atoms with Crippen molar-refractivity contribution in [3.8, 4) is 0 Å². The summed E-state index contributed by atoms with van der Waals surface area (Å²) in [6.45, 7) is 4.07. The second-order valence-corrected chi connectivity index (χ2v) is 7.27. The number of esters is 1. The Morgan fingerprint density at radius 2 is 2.15 bits per heavy atom. The summed E-state index contributed by atoms with van der Waals surface area (Å²) in [5, 5.41) is 4.41. The zero-order valence-corrected chi connectivity index (χ0v) is 16.1.